The molecule has 4 aromatic rings. The molecule has 8 heteroatoms. The van der Waals surface area contributed by atoms with E-state index in [-0.39, 0.29) is 11.6 Å². The fourth-order valence-electron chi connectivity index (χ4n) is 4.43. The number of fused-ring (bicyclic) bond motifs is 1. The molecular formula is C29H27FN4O2S. The van der Waals surface area contributed by atoms with Gasteiger partial charge in [0, 0.05) is 17.0 Å². The van der Waals surface area contributed by atoms with E-state index in [0.29, 0.717) is 34.6 Å². The van der Waals surface area contributed by atoms with Crippen molar-refractivity contribution in [3.63, 3.8) is 0 Å². The molecule has 3 aromatic carbocycles. The number of halogens is 1. The number of nitrogens with one attached hydrogen (secondary N) is 1. The van der Waals surface area contributed by atoms with E-state index in [1.165, 1.54) is 23.4 Å². The minimum atomic E-state index is -0.435. The van der Waals surface area contributed by atoms with Gasteiger partial charge in [-0.25, -0.2) is 9.07 Å². The van der Waals surface area contributed by atoms with Gasteiger partial charge >= 0.3 is 0 Å². The molecule has 2 heterocycles. The summed E-state index contributed by atoms with van der Waals surface area (Å²) in [4.78, 5) is 17.3. The van der Waals surface area contributed by atoms with Crippen molar-refractivity contribution in [2.45, 2.75) is 44.3 Å². The van der Waals surface area contributed by atoms with Crippen LogP contribution < -0.4 is 10.1 Å². The molecule has 6 nitrogen and oxygen atoms in total. The van der Waals surface area contributed by atoms with Gasteiger partial charge in [0.1, 0.15) is 24.2 Å². The molecule has 0 aliphatic carbocycles. The molecule has 0 amide bonds. The van der Waals surface area contributed by atoms with E-state index in [1.807, 2.05) is 49.4 Å². The van der Waals surface area contributed by atoms with Crippen LogP contribution in [-0.2, 0) is 17.2 Å². The van der Waals surface area contributed by atoms with Crippen molar-refractivity contribution in [2.24, 2.45) is 0 Å². The summed E-state index contributed by atoms with van der Waals surface area (Å²) in [6.07, 6.45) is 0. The van der Waals surface area contributed by atoms with Crippen LogP contribution in [0.2, 0.25) is 0 Å². The van der Waals surface area contributed by atoms with Crippen molar-refractivity contribution in [3.05, 3.63) is 112 Å². The number of anilines is 1. The third kappa shape index (κ3) is 5.44. The van der Waals surface area contributed by atoms with E-state index in [9.17, 15) is 9.18 Å². The highest BCUT2D eigenvalue weighted by Crippen LogP contribution is 2.37. The summed E-state index contributed by atoms with van der Waals surface area (Å²) >= 11 is 1.35. The number of carbonyl (C=O) groups is 1. The third-order valence-electron chi connectivity index (χ3n) is 6.21. The highest BCUT2D eigenvalue weighted by molar-refractivity contribution is 7.98. The first-order valence-electron chi connectivity index (χ1n) is 12.0. The summed E-state index contributed by atoms with van der Waals surface area (Å²) in [5, 5.41) is 8.41. The van der Waals surface area contributed by atoms with Gasteiger partial charge in [0.2, 0.25) is 11.1 Å². The molecule has 1 atom stereocenters. The summed E-state index contributed by atoms with van der Waals surface area (Å²) < 4.78 is 21.8. The van der Waals surface area contributed by atoms with Gasteiger partial charge in [-0.15, -0.1) is 5.10 Å². The van der Waals surface area contributed by atoms with Crippen molar-refractivity contribution >= 4 is 23.5 Å². The highest BCUT2D eigenvalue weighted by atomic mass is 32.2. The van der Waals surface area contributed by atoms with Crippen LogP contribution in [0.3, 0.4) is 0 Å². The molecule has 5 rings (SSSR count). The number of ether oxygens (including phenoxy) is 1. The number of rotatable bonds is 8. The summed E-state index contributed by atoms with van der Waals surface area (Å²) in [5.41, 5.74) is 5.14. The number of Topliss-reactive ketones (excluding diaryl/α,β-unsaturated/α-hetero) is 1. The highest BCUT2D eigenvalue weighted by Gasteiger charge is 2.32. The van der Waals surface area contributed by atoms with E-state index < -0.39 is 6.04 Å². The zero-order valence-corrected chi connectivity index (χ0v) is 21.7. The molecule has 1 aromatic heterocycles. The normalized spacial score (nSPS) is 14.8. The lowest BCUT2D eigenvalue weighted by molar-refractivity contribution is -0.114. The largest absolute Gasteiger partial charge is 0.489 e. The SMILES string of the molecule is CC(=O)C1=C(C)Nc2nc(SCc3ccccc3F)nn2C1c1ccc(OCc2cccc(C)c2)cc1. The van der Waals surface area contributed by atoms with Crippen LogP contribution in [0.1, 0.15) is 42.1 Å². The predicted molar refractivity (Wildman–Crippen MR) is 143 cm³/mol. The third-order valence-corrected chi connectivity index (χ3v) is 7.10. The number of benzene rings is 3. The van der Waals surface area contributed by atoms with Crippen LogP contribution in [0.15, 0.2) is 89.2 Å². The minimum Gasteiger partial charge on any atom is -0.489 e. The second kappa shape index (κ2) is 10.6. The van der Waals surface area contributed by atoms with Crippen LogP contribution in [0.5, 0.6) is 5.75 Å². The molecule has 0 bridgehead atoms. The Bertz CT molecular complexity index is 1480. The monoisotopic (exact) mass is 514 g/mol. The van der Waals surface area contributed by atoms with Crippen molar-refractivity contribution in [3.8, 4) is 5.75 Å². The number of allylic oxidation sites excluding steroid dienone is 2. The maximum absolute atomic E-state index is 14.1. The van der Waals surface area contributed by atoms with Gasteiger partial charge in [-0.1, -0.05) is 71.9 Å². The Morgan fingerprint density at radius 1 is 1.08 bits per heavy atom. The molecule has 0 radical (unpaired) electrons. The van der Waals surface area contributed by atoms with Gasteiger partial charge in [-0.3, -0.25) is 4.79 Å². The maximum Gasteiger partial charge on any atom is 0.227 e. The molecule has 0 fully saturated rings. The Kier molecular flexibility index (Phi) is 7.10. The predicted octanol–water partition coefficient (Wildman–Crippen LogP) is 6.47. The molecule has 0 saturated carbocycles. The summed E-state index contributed by atoms with van der Waals surface area (Å²) in [7, 11) is 0. The Morgan fingerprint density at radius 3 is 2.59 bits per heavy atom. The molecule has 1 N–H and O–H groups in total. The van der Waals surface area contributed by atoms with Crippen LogP contribution in [0.4, 0.5) is 10.3 Å². The molecule has 1 aliphatic rings. The Balaban J connectivity index is 1.39. The lowest BCUT2D eigenvalue weighted by atomic mass is 9.93. The minimum absolute atomic E-state index is 0.0449. The lowest BCUT2D eigenvalue weighted by Crippen LogP contribution is -2.27. The number of aromatic nitrogens is 3. The van der Waals surface area contributed by atoms with Gasteiger partial charge in [-0.2, -0.15) is 4.98 Å². The number of hydrogen-bond donors (Lipinski definition) is 1. The van der Waals surface area contributed by atoms with Gasteiger partial charge in [0.15, 0.2) is 5.78 Å². The van der Waals surface area contributed by atoms with Crippen molar-refractivity contribution in [1.82, 2.24) is 14.8 Å². The van der Waals surface area contributed by atoms with E-state index in [1.54, 1.807) is 23.7 Å². The zero-order chi connectivity index (χ0) is 25.9. The standard InChI is InChI=1S/C29H27FN4O2S/c1-18-7-6-8-21(15-18)16-36-24-13-11-22(12-14-24)27-26(20(3)35)19(2)31-28-32-29(33-34(27)28)37-17-23-9-4-5-10-25(23)30/h4-15,27H,16-17H2,1-3H3,(H,31,32,33). The topological polar surface area (TPSA) is 69.0 Å². The summed E-state index contributed by atoms with van der Waals surface area (Å²) in [6, 6.07) is 22.2. The number of hydrogen-bond acceptors (Lipinski definition) is 6. The van der Waals surface area contributed by atoms with Crippen LogP contribution in [0, 0.1) is 12.7 Å². The molecule has 1 unspecified atom stereocenters. The molecule has 37 heavy (non-hydrogen) atoms. The van der Waals surface area contributed by atoms with Gasteiger partial charge in [-0.05, 0) is 55.7 Å². The first-order chi connectivity index (χ1) is 17.9. The number of aryl methyl sites for hydroxylation is 1. The quantitative estimate of drug-likeness (QED) is 0.272. The van der Waals surface area contributed by atoms with E-state index >= 15 is 0 Å². The molecule has 0 saturated heterocycles. The molecule has 1 aliphatic heterocycles. The molecular weight excluding hydrogens is 487 g/mol. The van der Waals surface area contributed by atoms with Crippen LogP contribution >= 0.6 is 11.8 Å². The number of nitrogens with zero attached hydrogens (tertiary/aromatic N) is 3. The number of ketones is 1. The molecule has 188 valence electrons. The average Bonchev–Trinajstić information content (AvgIpc) is 3.29. The van der Waals surface area contributed by atoms with Gasteiger partial charge < -0.3 is 10.1 Å². The smallest absolute Gasteiger partial charge is 0.227 e. The van der Waals surface area contributed by atoms with Crippen molar-refractivity contribution in [1.29, 1.82) is 0 Å². The lowest BCUT2D eigenvalue weighted by Gasteiger charge is -2.28. The average molecular weight is 515 g/mol. The van der Waals surface area contributed by atoms with E-state index in [2.05, 4.69) is 29.4 Å². The molecule has 0 spiro atoms. The number of thioether (sulfide) groups is 1. The fourth-order valence-corrected chi connectivity index (χ4v) is 5.25. The fraction of sp³-hybridized carbons (Fsp3) is 0.207. The van der Waals surface area contributed by atoms with Crippen LogP contribution in [0.25, 0.3) is 0 Å². The van der Waals surface area contributed by atoms with Crippen LogP contribution in [-0.4, -0.2) is 20.5 Å². The summed E-state index contributed by atoms with van der Waals surface area (Å²) in [6.45, 7) is 5.96. The van der Waals surface area contributed by atoms with Gasteiger partial charge in [0.25, 0.3) is 0 Å². The summed E-state index contributed by atoms with van der Waals surface area (Å²) in [5.74, 6) is 1.39. The Morgan fingerprint density at radius 2 is 1.86 bits per heavy atom. The van der Waals surface area contributed by atoms with Crippen molar-refractivity contribution in [2.75, 3.05) is 5.32 Å². The number of carbonyl (C=O) groups excluding carboxylic acids is 1. The van der Waals surface area contributed by atoms with Gasteiger partial charge in [0.05, 0.1) is 0 Å². The Labute approximate surface area is 219 Å². The Hall–Kier alpha value is -3.91. The van der Waals surface area contributed by atoms with Crippen molar-refractivity contribution < 1.29 is 13.9 Å². The second-order valence-corrected chi connectivity index (χ2v) is 9.95. The zero-order valence-electron chi connectivity index (χ0n) is 20.9. The van der Waals surface area contributed by atoms with E-state index in [0.717, 1.165) is 22.6 Å². The first-order valence-corrected chi connectivity index (χ1v) is 13.0. The second-order valence-electron chi connectivity index (χ2n) is 9.01. The first kappa shape index (κ1) is 24.8. The maximum atomic E-state index is 14.1. The van der Waals surface area contributed by atoms with E-state index in [4.69, 9.17) is 9.84 Å².